The van der Waals surface area contributed by atoms with Gasteiger partial charge in [-0.1, -0.05) is 0 Å². The Balaban J connectivity index is 2.08. The summed E-state index contributed by atoms with van der Waals surface area (Å²) in [5.41, 5.74) is -1.48. The fourth-order valence-corrected chi connectivity index (χ4v) is 2.50. The summed E-state index contributed by atoms with van der Waals surface area (Å²) in [6.45, 7) is 2.38. The molecule has 2 heterocycles. The van der Waals surface area contributed by atoms with Gasteiger partial charge in [0.05, 0.1) is 5.56 Å². The van der Waals surface area contributed by atoms with E-state index in [1.807, 2.05) is 0 Å². The van der Waals surface area contributed by atoms with Gasteiger partial charge < -0.3 is 24.1 Å². The number of carbonyl (C=O) groups is 1. The Morgan fingerprint density at radius 3 is 2.88 bits per heavy atom. The van der Waals surface area contributed by atoms with Crippen molar-refractivity contribution in [2.45, 2.75) is 19.4 Å². The van der Waals surface area contributed by atoms with Gasteiger partial charge in [0.25, 0.3) is 0 Å². The number of phenols is 1. The zero-order valence-corrected chi connectivity index (χ0v) is 13.2. The van der Waals surface area contributed by atoms with Crippen LogP contribution in [0, 0.1) is 6.92 Å². The van der Waals surface area contributed by atoms with Gasteiger partial charge in [0.15, 0.2) is 11.0 Å². The Kier molecular flexibility index (Phi) is 3.81. The highest BCUT2D eigenvalue weighted by molar-refractivity contribution is 5.90. The molecule has 126 valence electrons. The van der Waals surface area contributed by atoms with Crippen LogP contribution in [0.1, 0.15) is 18.2 Å². The molecule has 7 heteroatoms. The molecule has 1 aliphatic heterocycles. The van der Waals surface area contributed by atoms with Crippen molar-refractivity contribution < 1.29 is 28.9 Å². The average Bonchev–Trinajstić information content (AvgIpc) is 2.65. The van der Waals surface area contributed by atoms with Crippen molar-refractivity contribution in [1.29, 1.82) is 0 Å². The molecule has 1 unspecified atom stereocenters. The lowest BCUT2D eigenvalue weighted by Gasteiger charge is -2.22. The normalized spacial score (nSPS) is 19.5. The molecule has 1 aromatic heterocycles. The topological polar surface area (TPSA) is 106 Å². The van der Waals surface area contributed by atoms with E-state index in [0.717, 1.165) is 0 Å². The van der Waals surface area contributed by atoms with Crippen LogP contribution in [-0.2, 0) is 9.53 Å². The van der Waals surface area contributed by atoms with Crippen molar-refractivity contribution in [2.75, 3.05) is 13.2 Å². The number of aromatic hydroxyl groups is 1. The average molecular weight is 332 g/mol. The molecule has 7 nitrogen and oxygen atoms in total. The van der Waals surface area contributed by atoms with Crippen LogP contribution < -0.4 is 10.2 Å². The molecule has 0 fully saturated rings. The maximum absolute atomic E-state index is 12.1. The minimum Gasteiger partial charge on any atom is -0.506 e. The van der Waals surface area contributed by atoms with E-state index in [2.05, 4.69) is 0 Å². The second kappa shape index (κ2) is 5.68. The van der Waals surface area contributed by atoms with Crippen molar-refractivity contribution in [2.24, 2.45) is 0 Å². The minimum atomic E-state index is -1.54. The number of benzene rings is 1. The van der Waals surface area contributed by atoms with Gasteiger partial charge in [-0.05, 0) is 19.1 Å². The molecular weight excluding hydrogens is 316 g/mol. The van der Waals surface area contributed by atoms with E-state index in [1.165, 1.54) is 31.2 Å². The van der Waals surface area contributed by atoms with E-state index in [9.17, 15) is 19.8 Å². The third kappa shape index (κ3) is 2.85. The molecule has 3 rings (SSSR count). The van der Waals surface area contributed by atoms with E-state index < -0.39 is 11.6 Å². The maximum Gasteiger partial charge on any atom is 0.302 e. The monoisotopic (exact) mass is 332 g/mol. The summed E-state index contributed by atoms with van der Waals surface area (Å²) in [5.74, 6) is -0.159. The molecule has 2 aromatic rings. The molecule has 0 amide bonds. The molecule has 1 atom stereocenters. The Morgan fingerprint density at radius 2 is 2.17 bits per heavy atom. The summed E-state index contributed by atoms with van der Waals surface area (Å²) < 4.78 is 15.8. The van der Waals surface area contributed by atoms with Crippen LogP contribution in [0.5, 0.6) is 11.5 Å². The zero-order valence-electron chi connectivity index (χ0n) is 13.2. The van der Waals surface area contributed by atoms with E-state index in [4.69, 9.17) is 13.9 Å². The molecule has 0 radical (unpaired) electrons. The summed E-state index contributed by atoms with van der Waals surface area (Å²) in [7, 11) is 0. The van der Waals surface area contributed by atoms with Gasteiger partial charge in [0.2, 0.25) is 0 Å². The van der Waals surface area contributed by atoms with Gasteiger partial charge >= 0.3 is 5.97 Å². The van der Waals surface area contributed by atoms with Gasteiger partial charge in [-0.25, -0.2) is 0 Å². The van der Waals surface area contributed by atoms with Crippen molar-refractivity contribution in [3.63, 3.8) is 0 Å². The smallest absolute Gasteiger partial charge is 0.302 e. The van der Waals surface area contributed by atoms with Gasteiger partial charge in [-0.2, -0.15) is 0 Å². The molecule has 1 aliphatic rings. The molecule has 0 bridgehead atoms. The second-order valence-electron chi connectivity index (χ2n) is 5.74. The summed E-state index contributed by atoms with van der Waals surface area (Å²) in [6.07, 6.45) is 2.79. The largest absolute Gasteiger partial charge is 0.506 e. The standard InChI is InChI=1S/C17H16O7/c1-9-5-12(19)15-14(24-9)6-13-11(16(15)20)3-4-17(21,8-23-13)7-22-10(2)18/h3-6,20-21H,7-8H2,1-2H3. The molecule has 1 aromatic carbocycles. The van der Waals surface area contributed by atoms with E-state index >= 15 is 0 Å². The van der Waals surface area contributed by atoms with Crippen LogP contribution >= 0.6 is 0 Å². The zero-order chi connectivity index (χ0) is 17.5. The quantitative estimate of drug-likeness (QED) is 0.803. The van der Waals surface area contributed by atoms with Crippen LogP contribution in [-0.4, -0.2) is 35.0 Å². The van der Waals surface area contributed by atoms with Gasteiger partial charge in [0.1, 0.15) is 41.4 Å². The number of rotatable bonds is 2. The lowest BCUT2D eigenvalue weighted by Crippen LogP contribution is -2.38. The summed E-state index contributed by atoms with van der Waals surface area (Å²) in [6, 6.07) is 2.77. The SMILES string of the molecule is CC(=O)OCC1(O)C=Cc2c(cc3oc(C)cc(=O)c3c2O)OC1. The Bertz CT molecular complexity index is 909. The van der Waals surface area contributed by atoms with E-state index in [1.54, 1.807) is 6.92 Å². The first-order chi connectivity index (χ1) is 11.3. The molecule has 0 saturated heterocycles. The van der Waals surface area contributed by atoms with Crippen molar-refractivity contribution in [3.05, 3.63) is 39.8 Å². The van der Waals surface area contributed by atoms with Crippen LogP contribution in [0.4, 0.5) is 0 Å². The molecule has 0 saturated carbocycles. The summed E-state index contributed by atoms with van der Waals surface area (Å²) >= 11 is 0. The van der Waals surface area contributed by atoms with Crippen LogP contribution in [0.2, 0.25) is 0 Å². The van der Waals surface area contributed by atoms with Crippen LogP contribution in [0.3, 0.4) is 0 Å². The fourth-order valence-electron chi connectivity index (χ4n) is 2.50. The molecule has 24 heavy (non-hydrogen) atoms. The van der Waals surface area contributed by atoms with Gasteiger partial charge in [-0.15, -0.1) is 0 Å². The Morgan fingerprint density at radius 1 is 1.42 bits per heavy atom. The Labute approximate surface area is 136 Å². The van der Waals surface area contributed by atoms with Crippen LogP contribution in [0.25, 0.3) is 17.0 Å². The van der Waals surface area contributed by atoms with Crippen molar-refractivity contribution in [1.82, 2.24) is 0 Å². The number of ether oxygens (including phenoxy) is 2. The number of esters is 1. The first-order valence-electron chi connectivity index (χ1n) is 7.27. The highest BCUT2D eigenvalue weighted by Gasteiger charge is 2.30. The third-order valence-corrected chi connectivity index (χ3v) is 3.68. The Hall–Kier alpha value is -2.80. The number of hydrogen-bond donors (Lipinski definition) is 2. The van der Waals surface area contributed by atoms with Crippen molar-refractivity contribution in [3.8, 4) is 11.5 Å². The van der Waals surface area contributed by atoms with E-state index in [-0.39, 0.29) is 46.7 Å². The lowest BCUT2D eigenvalue weighted by atomic mass is 10.0. The summed E-state index contributed by atoms with van der Waals surface area (Å²) in [4.78, 5) is 23.0. The van der Waals surface area contributed by atoms with Crippen LogP contribution in [0.15, 0.2) is 27.4 Å². The predicted octanol–water partition coefficient (Wildman–Crippen LogP) is 1.51. The fraction of sp³-hybridized carbons (Fsp3) is 0.294. The number of hydrogen-bond acceptors (Lipinski definition) is 7. The molecule has 2 N–H and O–H groups in total. The molecule has 0 spiro atoms. The lowest BCUT2D eigenvalue weighted by molar-refractivity contribution is -0.147. The van der Waals surface area contributed by atoms with Gasteiger partial charge in [-0.3, -0.25) is 9.59 Å². The van der Waals surface area contributed by atoms with Gasteiger partial charge in [0, 0.05) is 19.1 Å². The maximum atomic E-state index is 12.1. The molecule has 0 aliphatic carbocycles. The first-order valence-corrected chi connectivity index (χ1v) is 7.27. The molecular formula is C17H16O7. The number of aryl methyl sites for hydroxylation is 1. The highest BCUT2D eigenvalue weighted by atomic mass is 16.6. The highest BCUT2D eigenvalue weighted by Crippen LogP contribution is 2.38. The first kappa shape index (κ1) is 16.1. The number of carbonyl (C=O) groups excluding carboxylic acids is 1. The summed E-state index contributed by atoms with van der Waals surface area (Å²) in [5, 5.41) is 20.9. The number of phenolic OH excluding ortho intramolecular Hbond substituents is 1. The minimum absolute atomic E-state index is 0.0398. The number of aliphatic hydroxyl groups is 1. The van der Waals surface area contributed by atoms with E-state index in [0.29, 0.717) is 5.76 Å². The van der Waals surface area contributed by atoms with Crippen molar-refractivity contribution >= 4 is 23.0 Å². The second-order valence-corrected chi connectivity index (χ2v) is 5.74. The third-order valence-electron chi connectivity index (χ3n) is 3.68. The predicted molar refractivity (Wildman–Crippen MR) is 85.0 cm³/mol. The number of fused-ring (bicyclic) bond motifs is 2.